The summed E-state index contributed by atoms with van der Waals surface area (Å²) in [6.45, 7) is 4.39. The molecule has 0 aromatic heterocycles. The van der Waals surface area contributed by atoms with Crippen LogP contribution in [0.5, 0.6) is 5.75 Å². The molecular weight excluding hydrogens is 234 g/mol. The first-order chi connectivity index (χ1) is 8.12. The van der Waals surface area contributed by atoms with Gasteiger partial charge in [-0.15, -0.1) is 0 Å². The van der Waals surface area contributed by atoms with Gasteiger partial charge in [0.05, 0.1) is 0 Å². The molecule has 2 unspecified atom stereocenters. The van der Waals surface area contributed by atoms with Gasteiger partial charge in [0, 0.05) is 22.9 Å². The van der Waals surface area contributed by atoms with Gasteiger partial charge in [0.2, 0.25) is 0 Å². The van der Waals surface area contributed by atoms with Crippen molar-refractivity contribution >= 4 is 11.6 Å². The van der Waals surface area contributed by atoms with Crippen LogP contribution in [0.15, 0.2) is 24.3 Å². The molecule has 2 atom stereocenters. The average molecular weight is 254 g/mol. The zero-order chi connectivity index (χ0) is 12.5. The van der Waals surface area contributed by atoms with Crippen molar-refractivity contribution in [2.75, 3.05) is 0 Å². The molecule has 0 aliphatic heterocycles. The van der Waals surface area contributed by atoms with Crippen LogP contribution in [0.2, 0.25) is 5.02 Å². The predicted molar refractivity (Wildman–Crippen MR) is 71.5 cm³/mol. The minimum absolute atomic E-state index is 0.152. The highest BCUT2D eigenvalue weighted by Gasteiger charge is 2.52. The van der Waals surface area contributed by atoms with E-state index in [0.29, 0.717) is 0 Å². The van der Waals surface area contributed by atoms with Gasteiger partial charge in [-0.3, -0.25) is 0 Å². The van der Waals surface area contributed by atoms with E-state index in [9.17, 15) is 0 Å². The van der Waals surface area contributed by atoms with Crippen LogP contribution in [0.4, 0.5) is 0 Å². The Bertz CT molecular complexity index is 372. The molecule has 94 valence electrons. The zero-order valence-corrected chi connectivity index (χ0v) is 11.2. The van der Waals surface area contributed by atoms with E-state index < -0.39 is 0 Å². The van der Waals surface area contributed by atoms with E-state index in [2.05, 4.69) is 13.8 Å². The largest absolute Gasteiger partial charge is 0.490 e. The average Bonchev–Trinajstić information content (AvgIpc) is 2.33. The molecule has 0 bridgehead atoms. The summed E-state index contributed by atoms with van der Waals surface area (Å²) in [4.78, 5) is 0. The Balaban J connectivity index is 2.07. The topological polar surface area (TPSA) is 35.2 Å². The van der Waals surface area contributed by atoms with Crippen molar-refractivity contribution in [3.8, 4) is 5.75 Å². The molecule has 1 aliphatic carbocycles. The molecule has 2 rings (SSSR count). The maximum Gasteiger partial charge on any atom is 0.119 e. The smallest absolute Gasteiger partial charge is 0.119 e. The molecule has 1 aromatic rings. The summed E-state index contributed by atoms with van der Waals surface area (Å²) < 4.78 is 6.03. The van der Waals surface area contributed by atoms with Gasteiger partial charge in [-0.1, -0.05) is 25.4 Å². The summed E-state index contributed by atoms with van der Waals surface area (Å²) in [5, 5.41) is 0.736. The monoisotopic (exact) mass is 253 g/mol. The van der Waals surface area contributed by atoms with Crippen molar-refractivity contribution in [2.45, 2.75) is 45.3 Å². The highest BCUT2D eigenvalue weighted by atomic mass is 35.5. The van der Waals surface area contributed by atoms with Crippen LogP contribution in [0.1, 0.15) is 33.1 Å². The lowest BCUT2D eigenvalue weighted by molar-refractivity contribution is -0.0722. The van der Waals surface area contributed by atoms with Gasteiger partial charge < -0.3 is 10.5 Å². The fraction of sp³-hybridized carbons (Fsp3) is 0.571. The Morgan fingerprint density at radius 1 is 1.29 bits per heavy atom. The van der Waals surface area contributed by atoms with Gasteiger partial charge in [0.25, 0.3) is 0 Å². The molecule has 1 aromatic carbocycles. The van der Waals surface area contributed by atoms with E-state index in [-0.39, 0.29) is 17.6 Å². The predicted octanol–water partition coefficient (Wildman–Crippen LogP) is 3.62. The summed E-state index contributed by atoms with van der Waals surface area (Å²) >= 11 is 5.85. The molecule has 0 spiro atoms. The van der Waals surface area contributed by atoms with Gasteiger partial charge in [-0.2, -0.15) is 0 Å². The Kier molecular flexibility index (Phi) is 3.64. The van der Waals surface area contributed by atoms with Gasteiger partial charge in [-0.25, -0.2) is 0 Å². The van der Waals surface area contributed by atoms with E-state index in [1.54, 1.807) is 0 Å². The molecule has 1 aliphatic rings. The minimum Gasteiger partial charge on any atom is -0.490 e. The Hall–Kier alpha value is -0.730. The maximum absolute atomic E-state index is 6.15. The van der Waals surface area contributed by atoms with Crippen LogP contribution < -0.4 is 10.5 Å². The maximum atomic E-state index is 6.15. The van der Waals surface area contributed by atoms with E-state index >= 15 is 0 Å². The third kappa shape index (κ3) is 2.16. The Morgan fingerprint density at radius 2 is 1.88 bits per heavy atom. The van der Waals surface area contributed by atoms with Gasteiger partial charge >= 0.3 is 0 Å². The van der Waals surface area contributed by atoms with Crippen molar-refractivity contribution in [3.05, 3.63) is 29.3 Å². The van der Waals surface area contributed by atoms with E-state index in [4.69, 9.17) is 22.1 Å². The second kappa shape index (κ2) is 4.87. The zero-order valence-electron chi connectivity index (χ0n) is 10.4. The highest BCUT2D eigenvalue weighted by Crippen LogP contribution is 2.47. The lowest BCUT2D eigenvalue weighted by Crippen LogP contribution is -2.62. The second-order valence-electron chi connectivity index (χ2n) is 4.84. The van der Waals surface area contributed by atoms with Crippen LogP contribution in [-0.4, -0.2) is 12.1 Å². The lowest BCUT2D eigenvalue weighted by atomic mass is 9.59. The van der Waals surface area contributed by atoms with Crippen LogP contribution in [0.25, 0.3) is 0 Å². The minimum atomic E-state index is 0.152. The molecule has 3 heteroatoms. The third-order valence-electron chi connectivity index (χ3n) is 4.26. The summed E-state index contributed by atoms with van der Waals surface area (Å²) in [6, 6.07) is 7.82. The summed E-state index contributed by atoms with van der Waals surface area (Å²) in [5.41, 5.74) is 6.30. The molecule has 0 radical (unpaired) electrons. The molecule has 1 saturated carbocycles. The number of benzene rings is 1. The molecule has 2 nitrogen and oxygen atoms in total. The second-order valence-corrected chi connectivity index (χ2v) is 5.28. The summed E-state index contributed by atoms with van der Waals surface area (Å²) in [5.74, 6) is 0.887. The molecule has 1 fully saturated rings. The van der Waals surface area contributed by atoms with Crippen molar-refractivity contribution in [3.63, 3.8) is 0 Å². The SMILES string of the molecule is CCC1(CC)C(N)CC1Oc1ccc(Cl)cc1. The van der Waals surface area contributed by atoms with Crippen LogP contribution in [0, 0.1) is 5.41 Å². The molecular formula is C14H20ClNO. The Morgan fingerprint density at radius 3 is 2.35 bits per heavy atom. The summed E-state index contributed by atoms with van der Waals surface area (Å²) in [6.07, 6.45) is 3.34. The van der Waals surface area contributed by atoms with Crippen molar-refractivity contribution in [1.29, 1.82) is 0 Å². The molecule has 0 heterocycles. The van der Waals surface area contributed by atoms with Crippen LogP contribution in [0.3, 0.4) is 0 Å². The first kappa shape index (κ1) is 12.7. The number of hydrogen-bond acceptors (Lipinski definition) is 2. The van der Waals surface area contributed by atoms with Gasteiger partial charge in [0.1, 0.15) is 11.9 Å². The van der Waals surface area contributed by atoms with Gasteiger partial charge in [-0.05, 0) is 37.1 Å². The molecule has 0 amide bonds. The van der Waals surface area contributed by atoms with E-state index in [0.717, 1.165) is 30.0 Å². The highest BCUT2D eigenvalue weighted by molar-refractivity contribution is 6.30. The number of hydrogen-bond donors (Lipinski definition) is 1. The summed E-state index contributed by atoms with van der Waals surface area (Å²) in [7, 11) is 0. The molecule has 2 N–H and O–H groups in total. The fourth-order valence-corrected chi connectivity index (χ4v) is 2.98. The number of nitrogens with two attached hydrogens (primary N) is 1. The third-order valence-corrected chi connectivity index (χ3v) is 4.51. The van der Waals surface area contributed by atoms with Crippen molar-refractivity contribution in [1.82, 2.24) is 0 Å². The quantitative estimate of drug-likeness (QED) is 0.890. The van der Waals surface area contributed by atoms with Gasteiger partial charge in [0.15, 0.2) is 0 Å². The van der Waals surface area contributed by atoms with Crippen molar-refractivity contribution < 1.29 is 4.74 Å². The normalized spacial score (nSPS) is 26.4. The standard InChI is InChI=1S/C14H20ClNO/c1-3-14(4-2)12(16)9-13(14)17-11-7-5-10(15)6-8-11/h5-8,12-13H,3-4,9,16H2,1-2H3. The number of ether oxygens (including phenoxy) is 1. The lowest BCUT2D eigenvalue weighted by Gasteiger charge is -2.53. The Labute approximate surface area is 108 Å². The van der Waals surface area contributed by atoms with E-state index in [1.165, 1.54) is 0 Å². The number of rotatable bonds is 4. The molecule has 0 saturated heterocycles. The first-order valence-electron chi connectivity index (χ1n) is 6.30. The fourth-order valence-electron chi connectivity index (χ4n) is 2.85. The van der Waals surface area contributed by atoms with Crippen LogP contribution in [-0.2, 0) is 0 Å². The van der Waals surface area contributed by atoms with Crippen molar-refractivity contribution in [2.24, 2.45) is 11.1 Å². The first-order valence-corrected chi connectivity index (χ1v) is 6.68. The molecule has 17 heavy (non-hydrogen) atoms. The van der Waals surface area contributed by atoms with Crippen LogP contribution >= 0.6 is 11.6 Å². The van der Waals surface area contributed by atoms with E-state index in [1.807, 2.05) is 24.3 Å². The number of halogens is 1.